The molecule has 2 rings (SSSR count). The van der Waals surface area contributed by atoms with Gasteiger partial charge >= 0.3 is 0 Å². The van der Waals surface area contributed by atoms with Gasteiger partial charge in [-0.05, 0) is 6.92 Å². The van der Waals surface area contributed by atoms with E-state index in [1.54, 1.807) is 14.0 Å². The van der Waals surface area contributed by atoms with Crippen molar-refractivity contribution in [2.45, 2.75) is 6.92 Å². The molecule has 16 heavy (non-hydrogen) atoms. The molecule has 0 aliphatic rings. The normalized spacial score (nSPS) is 10.4. The largest absolute Gasteiger partial charge is 0.383 e. The number of carbonyl (C=O) groups is 1. The summed E-state index contributed by atoms with van der Waals surface area (Å²) in [6.07, 6.45) is 4.39. The monoisotopic (exact) mass is 217 g/mol. The van der Waals surface area contributed by atoms with E-state index in [4.69, 9.17) is 5.73 Å². The van der Waals surface area contributed by atoms with Crippen molar-refractivity contribution in [3.8, 4) is 0 Å². The summed E-state index contributed by atoms with van der Waals surface area (Å²) < 4.78 is 1.47. The molecule has 2 aromatic heterocycles. The number of nitrogen functional groups attached to an aromatic ring is 1. The molecule has 0 aromatic carbocycles. The SMILES string of the molecule is Cc1nn(C)c(N)c1C(=O)c1cnccn1. The van der Waals surface area contributed by atoms with E-state index in [1.165, 1.54) is 23.3 Å². The third kappa shape index (κ3) is 1.54. The Morgan fingerprint density at radius 2 is 2.19 bits per heavy atom. The Morgan fingerprint density at radius 1 is 1.44 bits per heavy atom. The minimum Gasteiger partial charge on any atom is -0.383 e. The van der Waals surface area contributed by atoms with Gasteiger partial charge in [0.25, 0.3) is 0 Å². The van der Waals surface area contributed by atoms with E-state index in [-0.39, 0.29) is 11.5 Å². The van der Waals surface area contributed by atoms with Gasteiger partial charge in [-0.25, -0.2) is 4.98 Å². The maximum absolute atomic E-state index is 12.1. The van der Waals surface area contributed by atoms with Crippen molar-refractivity contribution in [2.75, 3.05) is 5.73 Å². The van der Waals surface area contributed by atoms with E-state index in [0.717, 1.165) is 0 Å². The Bertz CT molecular complexity index is 532. The van der Waals surface area contributed by atoms with E-state index in [1.807, 2.05) is 0 Å². The van der Waals surface area contributed by atoms with Crippen molar-refractivity contribution < 1.29 is 4.79 Å². The molecule has 0 aliphatic heterocycles. The standard InChI is InChI=1S/C10H11N5O/c1-6-8(10(11)15(2)14-6)9(16)7-5-12-3-4-13-7/h3-5H,11H2,1-2H3. The van der Waals surface area contributed by atoms with Gasteiger partial charge in [-0.3, -0.25) is 14.5 Å². The smallest absolute Gasteiger partial charge is 0.218 e. The zero-order chi connectivity index (χ0) is 11.7. The lowest BCUT2D eigenvalue weighted by Gasteiger charge is -1.99. The first kappa shape index (κ1) is 10.3. The molecule has 6 nitrogen and oxygen atoms in total. The molecule has 0 saturated heterocycles. The Hall–Kier alpha value is -2.24. The van der Waals surface area contributed by atoms with Gasteiger partial charge in [0.1, 0.15) is 11.5 Å². The number of anilines is 1. The van der Waals surface area contributed by atoms with Gasteiger partial charge in [0, 0.05) is 19.4 Å². The van der Waals surface area contributed by atoms with Crippen molar-refractivity contribution in [1.82, 2.24) is 19.7 Å². The number of ketones is 1. The fourth-order valence-electron chi connectivity index (χ4n) is 1.50. The van der Waals surface area contributed by atoms with Crippen molar-refractivity contribution in [3.05, 3.63) is 35.5 Å². The number of carbonyl (C=O) groups excluding carboxylic acids is 1. The Kier molecular flexibility index (Phi) is 2.40. The minimum atomic E-state index is -0.254. The molecule has 0 amide bonds. The van der Waals surface area contributed by atoms with Crippen LogP contribution in [0.5, 0.6) is 0 Å². The Labute approximate surface area is 92.1 Å². The van der Waals surface area contributed by atoms with Crippen molar-refractivity contribution in [2.24, 2.45) is 7.05 Å². The van der Waals surface area contributed by atoms with Crippen molar-refractivity contribution in [1.29, 1.82) is 0 Å². The highest BCUT2D eigenvalue weighted by Gasteiger charge is 2.20. The molecule has 0 saturated carbocycles. The van der Waals surface area contributed by atoms with Gasteiger partial charge in [0.05, 0.1) is 17.5 Å². The van der Waals surface area contributed by atoms with Crippen LogP contribution in [0.25, 0.3) is 0 Å². The molecule has 0 radical (unpaired) electrons. The van der Waals surface area contributed by atoms with Gasteiger partial charge in [0.2, 0.25) is 5.78 Å². The van der Waals surface area contributed by atoms with Gasteiger partial charge in [-0.2, -0.15) is 5.10 Å². The Morgan fingerprint density at radius 3 is 2.69 bits per heavy atom. The van der Waals surface area contributed by atoms with Crippen LogP contribution in [-0.2, 0) is 7.05 Å². The highest BCUT2D eigenvalue weighted by molar-refractivity contribution is 6.11. The third-order valence-corrected chi connectivity index (χ3v) is 2.29. The molecular weight excluding hydrogens is 206 g/mol. The molecule has 82 valence electrons. The van der Waals surface area contributed by atoms with Crippen molar-refractivity contribution >= 4 is 11.6 Å². The number of hydrogen-bond donors (Lipinski definition) is 1. The lowest BCUT2D eigenvalue weighted by Crippen LogP contribution is -2.08. The highest BCUT2D eigenvalue weighted by atomic mass is 16.1. The number of rotatable bonds is 2. The van der Waals surface area contributed by atoms with Crippen LogP contribution in [0, 0.1) is 6.92 Å². The quantitative estimate of drug-likeness (QED) is 0.732. The number of hydrogen-bond acceptors (Lipinski definition) is 5. The average molecular weight is 217 g/mol. The predicted octanol–water partition coefficient (Wildman–Crippen LogP) is 0.332. The zero-order valence-electron chi connectivity index (χ0n) is 9.01. The molecule has 2 aromatic rings. The van der Waals surface area contributed by atoms with E-state index < -0.39 is 0 Å². The van der Waals surface area contributed by atoms with E-state index in [2.05, 4.69) is 15.1 Å². The first-order valence-corrected chi connectivity index (χ1v) is 4.71. The average Bonchev–Trinajstić information content (AvgIpc) is 2.54. The molecule has 2 N–H and O–H groups in total. The molecule has 0 atom stereocenters. The number of aromatic nitrogens is 4. The van der Waals surface area contributed by atoms with Gasteiger partial charge in [0.15, 0.2) is 0 Å². The second-order valence-electron chi connectivity index (χ2n) is 3.39. The zero-order valence-corrected chi connectivity index (χ0v) is 9.01. The number of aryl methyl sites for hydroxylation is 2. The molecule has 0 bridgehead atoms. The Balaban J connectivity index is 2.50. The molecular formula is C10H11N5O. The maximum Gasteiger partial charge on any atom is 0.218 e. The fourth-order valence-corrected chi connectivity index (χ4v) is 1.50. The van der Waals surface area contributed by atoms with Gasteiger partial charge in [-0.1, -0.05) is 0 Å². The van der Waals surface area contributed by atoms with E-state index >= 15 is 0 Å². The summed E-state index contributed by atoms with van der Waals surface area (Å²) in [7, 11) is 1.69. The van der Waals surface area contributed by atoms with Crippen LogP contribution in [0.3, 0.4) is 0 Å². The molecule has 0 unspecified atom stereocenters. The van der Waals surface area contributed by atoms with Crippen LogP contribution in [0.1, 0.15) is 21.7 Å². The van der Waals surface area contributed by atoms with Crippen LogP contribution in [0.15, 0.2) is 18.6 Å². The predicted molar refractivity (Wildman–Crippen MR) is 57.8 cm³/mol. The summed E-state index contributed by atoms with van der Waals surface area (Å²) in [6, 6.07) is 0. The van der Waals surface area contributed by atoms with E-state index in [0.29, 0.717) is 17.1 Å². The topological polar surface area (TPSA) is 86.7 Å². The van der Waals surface area contributed by atoms with Crippen LogP contribution in [0.4, 0.5) is 5.82 Å². The highest BCUT2D eigenvalue weighted by Crippen LogP contribution is 2.18. The maximum atomic E-state index is 12.1. The second-order valence-corrected chi connectivity index (χ2v) is 3.39. The third-order valence-electron chi connectivity index (χ3n) is 2.29. The van der Waals surface area contributed by atoms with Crippen LogP contribution < -0.4 is 5.73 Å². The summed E-state index contributed by atoms with van der Waals surface area (Å²) in [5.74, 6) is 0.0874. The molecule has 0 fully saturated rings. The first-order valence-electron chi connectivity index (χ1n) is 4.71. The molecule has 6 heteroatoms. The molecule has 2 heterocycles. The summed E-state index contributed by atoms with van der Waals surface area (Å²) in [4.78, 5) is 19.9. The van der Waals surface area contributed by atoms with Gasteiger partial charge < -0.3 is 5.73 Å². The fraction of sp³-hybridized carbons (Fsp3) is 0.200. The number of nitrogens with zero attached hydrogens (tertiary/aromatic N) is 4. The lowest BCUT2D eigenvalue weighted by atomic mass is 10.1. The first-order chi connectivity index (χ1) is 7.61. The molecule has 0 aliphatic carbocycles. The van der Waals surface area contributed by atoms with Crippen LogP contribution in [-0.4, -0.2) is 25.5 Å². The summed E-state index contributed by atoms with van der Waals surface area (Å²) in [5.41, 5.74) is 7.03. The lowest BCUT2D eigenvalue weighted by molar-refractivity contribution is 0.103. The minimum absolute atomic E-state index is 0.254. The van der Waals surface area contributed by atoms with Crippen LogP contribution in [0.2, 0.25) is 0 Å². The summed E-state index contributed by atoms with van der Waals surface area (Å²) in [6.45, 7) is 1.74. The second kappa shape index (κ2) is 3.73. The van der Waals surface area contributed by atoms with Gasteiger partial charge in [-0.15, -0.1) is 0 Å². The van der Waals surface area contributed by atoms with E-state index in [9.17, 15) is 4.79 Å². The summed E-state index contributed by atoms with van der Waals surface area (Å²) in [5, 5.41) is 4.08. The number of nitrogens with two attached hydrogens (primary N) is 1. The molecule has 0 spiro atoms. The summed E-state index contributed by atoms with van der Waals surface area (Å²) >= 11 is 0. The van der Waals surface area contributed by atoms with Crippen LogP contribution >= 0.6 is 0 Å². The van der Waals surface area contributed by atoms with Crippen molar-refractivity contribution in [3.63, 3.8) is 0 Å².